The van der Waals surface area contributed by atoms with Crippen LogP contribution in [-0.2, 0) is 51.3 Å². The van der Waals surface area contributed by atoms with Crippen LogP contribution in [0.2, 0.25) is 0 Å². The fourth-order valence-corrected chi connectivity index (χ4v) is 8.51. The maximum absolute atomic E-state index is 15.1. The van der Waals surface area contributed by atoms with Gasteiger partial charge < -0.3 is 45.5 Å². The summed E-state index contributed by atoms with van der Waals surface area (Å²) < 4.78 is 21.1. The lowest BCUT2D eigenvalue weighted by Gasteiger charge is -2.35. The van der Waals surface area contributed by atoms with Crippen LogP contribution in [0, 0.1) is 40.8 Å². The standard InChI is InChI=1S/C53H77FN8O9/c1-31(2)24-40(56)49(65)60(11)44(27-34(7)8)47(63)58-42(26-33(5)6)51(67)61(12)45(28-37-30-62(43-17-14-13-16-39(37)43)29-36-19-21-38(54)22-20-36)48(64)57-41(25-32(3)4)50(66)59(10)35(9)53(70)71-46(52(68)69)18-15-23-55/h13-14,16-17,19-22,30-35,40-42,44-46H,15,18,24-29,56H2,1-12H3,(H,57,64)(H,58,63)(H,68,69)/t35-,40-,41-,42-,44?,45-,46+/m0/s1. The van der Waals surface area contributed by atoms with E-state index in [0.717, 1.165) is 21.4 Å². The highest BCUT2D eigenvalue weighted by Gasteiger charge is 2.39. The lowest BCUT2D eigenvalue weighted by atomic mass is 9.96. The van der Waals surface area contributed by atoms with Gasteiger partial charge in [-0.3, -0.25) is 24.0 Å². The van der Waals surface area contributed by atoms with Crippen molar-refractivity contribution in [3.8, 4) is 6.07 Å². The van der Waals surface area contributed by atoms with E-state index in [1.54, 1.807) is 12.1 Å². The lowest BCUT2D eigenvalue weighted by molar-refractivity contribution is -0.169. The topological polar surface area (TPSA) is 237 Å². The summed E-state index contributed by atoms with van der Waals surface area (Å²) in [6.45, 7) is 16.9. The first kappa shape index (κ1) is 59.0. The summed E-state index contributed by atoms with van der Waals surface area (Å²) in [6.07, 6.45) is 0.730. The Morgan fingerprint density at radius 2 is 1.23 bits per heavy atom. The number of ether oxygens (including phenoxy) is 1. The fraction of sp³-hybridized carbons (Fsp3) is 0.585. The van der Waals surface area contributed by atoms with E-state index < -0.39 is 83.8 Å². The van der Waals surface area contributed by atoms with E-state index >= 15 is 9.59 Å². The first-order valence-electron chi connectivity index (χ1n) is 24.5. The lowest BCUT2D eigenvalue weighted by Crippen LogP contribution is -2.60. The molecule has 0 bridgehead atoms. The number of aromatic nitrogens is 1. The molecule has 0 aliphatic rings. The van der Waals surface area contributed by atoms with Gasteiger partial charge in [-0.05, 0) is 85.6 Å². The molecule has 0 fully saturated rings. The van der Waals surface area contributed by atoms with Crippen LogP contribution in [0.1, 0.15) is 112 Å². The van der Waals surface area contributed by atoms with Crippen molar-refractivity contribution >= 4 is 52.4 Å². The van der Waals surface area contributed by atoms with Gasteiger partial charge >= 0.3 is 11.9 Å². The Balaban J connectivity index is 2.13. The van der Waals surface area contributed by atoms with Crippen LogP contribution in [0.4, 0.5) is 4.39 Å². The Morgan fingerprint density at radius 3 is 1.75 bits per heavy atom. The Labute approximate surface area is 418 Å². The van der Waals surface area contributed by atoms with Crippen LogP contribution < -0.4 is 16.4 Å². The Morgan fingerprint density at radius 1 is 0.718 bits per heavy atom. The van der Waals surface area contributed by atoms with Crippen LogP contribution in [0.5, 0.6) is 0 Å². The number of benzene rings is 2. The van der Waals surface area contributed by atoms with Gasteiger partial charge in [-0.15, -0.1) is 0 Å². The number of likely N-dealkylation sites (N-methyl/N-ethyl adjacent to an activating group) is 3. The third kappa shape index (κ3) is 17.2. The molecule has 5 N–H and O–H groups in total. The van der Waals surface area contributed by atoms with E-state index in [1.165, 1.54) is 50.0 Å². The molecule has 0 aliphatic heterocycles. The van der Waals surface area contributed by atoms with E-state index in [-0.39, 0.29) is 68.0 Å². The minimum absolute atomic E-state index is 0.0206. The molecule has 3 rings (SSSR count). The van der Waals surface area contributed by atoms with Crippen molar-refractivity contribution < 1.29 is 47.8 Å². The Bertz CT molecular complexity index is 2340. The number of hydrogen-bond acceptors (Lipinski definition) is 10. The molecule has 7 atom stereocenters. The highest BCUT2D eigenvalue weighted by molar-refractivity contribution is 5.97. The van der Waals surface area contributed by atoms with Gasteiger partial charge in [-0.25, -0.2) is 14.0 Å². The van der Waals surface area contributed by atoms with Crippen molar-refractivity contribution in [1.29, 1.82) is 5.26 Å². The quantitative estimate of drug-likeness (QED) is 0.0681. The number of amides is 5. The van der Waals surface area contributed by atoms with E-state index in [1.807, 2.05) is 96.5 Å². The maximum atomic E-state index is 15.1. The molecule has 1 unspecified atom stereocenters. The Kier molecular flexibility index (Phi) is 22.7. The fourth-order valence-electron chi connectivity index (χ4n) is 8.51. The zero-order chi connectivity index (χ0) is 53.4. The van der Waals surface area contributed by atoms with Gasteiger partial charge in [0, 0.05) is 64.1 Å². The molecule has 0 spiro atoms. The number of para-hydroxylation sites is 1. The second kappa shape index (κ2) is 27.3. The average Bonchev–Trinajstić information content (AvgIpc) is 3.65. The summed E-state index contributed by atoms with van der Waals surface area (Å²) in [7, 11) is 4.33. The molecule has 390 valence electrons. The molecule has 18 heteroatoms. The molecule has 0 aliphatic carbocycles. The van der Waals surface area contributed by atoms with Crippen LogP contribution in [-0.4, -0.2) is 129 Å². The number of esters is 1. The molecule has 0 radical (unpaired) electrons. The van der Waals surface area contributed by atoms with E-state index in [0.29, 0.717) is 18.5 Å². The average molecular weight is 989 g/mol. The summed E-state index contributed by atoms with van der Waals surface area (Å²) in [5, 5.41) is 25.2. The highest BCUT2D eigenvalue weighted by Crippen LogP contribution is 2.26. The number of nitriles is 1. The second-order valence-electron chi connectivity index (χ2n) is 20.4. The van der Waals surface area contributed by atoms with Gasteiger partial charge in [0.25, 0.3) is 0 Å². The molecule has 2 aromatic carbocycles. The molecule has 1 aromatic heterocycles. The number of fused-ring (bicyclic) bond motifs is 1. The first-order chi connectivity index (χ1) is 33.3. The van der Waals surface area contributed by atoms with E-state index in [4.69, 9.17) is 15.7 Å². The molecule has 17 nitrogen and oxygen atoms in total. The number of hydrogen-bond donors (Lipinski definition) is 4. The van der Waals surface area contributed by atoms with Gasteiger partial charge in [0.2, 0.25) is 29.5 Å². The predicted molar refractivity (Wildman–Crippen MR) is 269 cm³/mol. The van der Waals surface area contributed by atoms with Gasteiger partial charge in [0.05, 0.1) is 12.1 Å². The minimum Gasteiger partial charge on any atom is -0.479 e. The van der Waals surface area contributed by atoms with Crippen LogP contribution in [0.15, 0.2) is 54.7 Å². The van der Waals surface area contributed by atoms with Crippen LogP contribution in [0.3, 0.4) is 0 Å². The predicted octanol–water partition coefficient (Wildman–Crippen LogP) is 5.65. The monoisotopic (exact) mass is 989 g/mol. The zero-order valence-corrected chi connectivity index (χ0v) is 43.6. The van der Waals surface area contributed by atoms with Gasteiger partial charge in [0.15, 0.2) is 6.10 Å². The molecular formula is C53H77FN8O9. The smallest absolute Gasteiger partial charge is 0.345 e. The number of nitrogens with zero attached hydrogens (tertiary/aromatic N) is 5. The molecule has 71 heavy (non-hydrogen) atoms. The van der Waals surface area contributed by atoms with Crippen LogP contribution >= 0.6 is 0 Å². The summed E-state index contributed by atoms with van der Waals surface area (Å²) in [5.41, 5.74) is 8.60. The molecule has 0 saturated heterocycles. The number of carbonyl (C=O) groups excluding carboxylic acids is 6. The molecule has 1 heterocycles. The van der Waals surface area contributed by atoms with Crippen molar-refractivity contribution in [2.75, 3.05) is 21.1 Å². The largest absolute Gasteiger partial charge is 0.479 e. The van der Waals surface area contributed by atoms with Gasteiger partial charge in [-0.2, -0.15) is 5.26 Å². The van der Waals surface area contributed by atoms with Crippen molar-refractivity contribution in [3.05, 3.63) is 71.7 Å². The number of rotatable bonds is 27. The molecule has 3 aromatic rings. The van der Waals surface area contributed by atoms with Crippen molar-refractivity contribution in [2.24, 2.45) is 29.4 Å². The number of halogens is 1. The number of carboxylic acid groups (broad SMARTS) is 1. The normalized spacial score (nSPS) is 14.5. The van der Waals surface area contributed by atoms with Crippen molar-refractivity contribution in [1.82, 2.24) is 29.9 Å². The zero-order valence-electron chi connectivity index (χ0n) is 43.6. The summed E-state index contributed by atoms with van der Waals surface area (Å²) >= 11 is 0. The third-order valence-electron chi connectivity index (χ3n) is 12.5. The van der Waals surface area contributed by atoms with E-state index in [2.05, 4.69) is 10.6 Å². The third-order valence-corrected chi connectivity index (χ3v) is 12.5. The number of carboxylic acids is 1. The SMILES string of the molecule is CC(C)CC(C(=O)N[C@@H](CC(C)C)C(=O)N(C)[C@@H](Cc1cn(Cc2ccc(F)cc2)c2ccccc12)C(=O)N[C@@H](CC(C)C)C(=O)N(C)[C@@H](C)C(=O)O[C@H](CCC#N)C(=O)O)N(C)C(=O)[C@@H](N)CC(C)C. The summed E-state index contributed by atoms with van der Waals surface area (Å²) in [6, 6.07) is 8.65. The van der Waals surface area contributed by atoms with Gasteiger partial charge in [0.1, 0.15) is 36.0 Å². The summed E-state index contributed by atoms with van der Waals surface area (Å²) in [4.78, 5) is 101. The Hall–Kier alpha value is -6.35. The number of nitrogens with two attached hydrogens (primary N) is 1. The number of carbonyl (C=O) groups is 7. The molecule has 0 saturated carbocycles. The van der Waals surface area contributed by atoms with Crippen molar-refractivity contribution in [2.45, 2.75) is 156 Å². The molecular weight excluding hydrogens is 912 g/mol. The minimum atomic E-state index is -1.61. The second-order valence-corrected chi connectivity index (χ2v) is 20.4. The molecule has 5 amide bonds. The van der Waals surface area contributed by atoms with Gasteiger partial charge in [-0.1, -0.05) is 85.7 Å². The first-order valence-corrected chi connectivity index (χ1v) is 24.5. The maximum Gasteiger partial charge on any atom is 0.345 e. The summed E-state index contributed by atoms with van der Waals surface area (Å²) in [5.74, 6) is -5.97. The van der Waals surface area contributed by atoms with Crippen molar-refractivity contribution in [3.63, 3.8) is 0 Å². The number of nitrogens with one attached hydrogen (secondary N) is 2. The number of aliphatic carboxylic acids is 1. The highest BCUT2D eigenvalue weighted by atomic mass is 19.1. The van der Waals surface area contributed by atoms with Crippen LogP contribution in [0.25, 0.3) is 10.9 Å². The van der Waals surface area contributed by atoms with E-state index in [9.17, 15) is 33.5 Å².